The second kappa shape index (κ2) is 29.7. The highest BCUT2D eigenvalue weighted by Gasteiger charge is 2.22. The number of para-hydroxylation sites is 6. The van der Waals surface area contributed by atoms with Crippen LogP contribution in [-0.2, 0) is 28.2 Å². The Hall–Kier alpha value is -17.5. The number of rotatable bonds is 5. The summed E-state index contributed by atoms with van der Waals surface area (Å²) in [4.78, 5) is 14.5. The van der Waals surface area contributed by atoms with Crippen LogP contribution in [0.25, 0.3) is 244 Å². The molecule has 7 aromatic heterocycles. The van der Waals surface area contributed by atoms with E-state index in [1.54, 1.807) is 0 Å². The first kappa shape index (κ1) is 74.6. The first-order valence-corrected chi connectivity index (χ1v) is 42.5. The van der Waals surface area contributed by atoms with Crippen molar-refractivity contribution in [2.24, 2.45) is 28.2 Å². The van der Waals surface area contributed by atoms with E-state index in [1.807, 2.05) is 66.7 Å². The Bertz CT molecular complexity index is 9200. The molecular weight excluding hydrogens is 1550 g/mol. The van der Waals surface area contributed by atoms with Crippen LogP contribution in [0.4, 0.5) is 22.7 Å². The molecular formula is C116H75N11. The lowest BCUT2D eigenvalue weighted by Gasteiger charge is -2.12. The minimum Gasteiger partial charge on any atom is -0.344 e. The zero-order chi connectivity index (χ0) is 85.4. The minimum atomic E-state index is 0.672. The van der Waals surface area contributed by atoms with Gasteiger partial charge in [-0.2, -0.15) is 0 Å². The minimum absolute atomic E-state index is 0.672. The van der Waals surface area contributed by atoms with E-state index in [4.69, 9.17) is 26.3 Å². The second-order valence-corrected chi connectivity index (χ2v) is 32.9. The molecule has 0 spiro atoms. The molecule has 0 unspecified atom stereocenters. The van der Waals surface area contributed by atoms with Crippen molar-refractivity contribution >= 4 is 208 Å². The molecule has 127 heavy (non-hydrogen) atoms. The predicted octanol–water partition coefficient (Wildman–Crippen LogP) is 31.6. The van der Waals surface area contributed by atoms with E-state index in [1.165, 1.54) is 169 Å². The Morgan fingerprint density at radius 3 is 0.756 bits per heavy atom. The van der Waals surface area contributed by atoms with Gasteiger partial charge >= 0.3 is 0 Å². The van der Waals surface area contributed by atoms with Gasteiger partial charge in [0, 0.05) is 138 Å². The van der Waals surface area contributed by atoms with Crippen LogP contribution in [0.15, 0.2) is 382 Å². The molecule has 0 aliphatic heterocycles. The monoisotopic (exact) mass is 1620 g/mol. The summed E-state index contributed by atoms with van der Waals surface area (Å²) in [5, 5.41) is 24.5. The maximum Gasteiger partial charge on any atom is 0.188 e. The van der Waals surface area contributed by atoms with Crippen molar-refractivity contribution in [1.82, 2.24) is 32.0 Å². The molecule has 0 saturated heterocycles. The zero-order valence-corrected chi connectivity index (χ0v) is 69.8. The quantitative estimate of drug-likeness (QED) is 0.122. The normalized spacial score (nSPS) is 11.6. The van der Waals surface area contributed by atoms with Crippen LogP contribution < -0.4 is 0 Å². The highest BCUT2D eigenvalue weighted by molar-refractivity contribution is 6.26. The van der Waals surface area contributed by atoms with Gasteiger partial charge in [-0.25, -0.2) is 19.4 Å². The standard InChI is InChI=1S/C32H21N3.C32H20N2.2C26H17N3/c1-33-23-14-17-30-28(20-23)27-19-21(12-15-29(27)34(30)2)22-13-16-32-26(18-22)25-10-6-7-11-31(25)35(32)24-8-4-3-5-9-24;1-33-22-13-16-32-30(19-22)29-18-21(12-15-31(29)34(32)2)20-11-14-27-25-9-4-3-7-23(25)24-8-5-6-10-26(24)28(27)17-20;1-27-17-11-14-23-22(15-17)21-13-12-18(16-26(21)28(23)2)29-24-9-5-3-7-19(24)20-8-4-6-10-25(20)29;1-27-17-11-13-23-21(15-17)22-16-18(12-14-24(22)28(23)2)29-25-9-5-3-7-19(25)20-8-4-6-10-26(20)29/h3-20H,2H3;3-19H,2H3;2*3-16H,2H3. The van der Waals surface area contributed by atoms with Gasteiger partial charge in [0.25, 0.3) is 0 Å². The maximum atomic E-state index is 7.43. The SMILES string of the molecule is [C-]#[N+]c1ccc2c(c1)c1cc(-c3ccc4c(c3)c3ccccc3n4-c3ccccc3)ccc1n2C.[C-]#[N+]c1ccc2c(c1)c1cc(-c3ccc4c5ccccc5c5ccccc5c4c3)ccc1n2C.[C-]#[N+]c1ccc2c(c1)c1cc(-n3c4ccccc4c4ccccc43)ccc1n2C.[C-]#[N+]c1ccc2c(c1)c1ccc(-n3c4ccccc4c4ccccc43)cc1n2C. The van der Waals surface area contributed by atoms with E-state index in [-0.39, 0.29) is 0 Å². The maximum absolute atomic E-state index is 7.43. The predicted molar refractivity (Wildman–Crippen MR) is 533 cm³/mol. The van der Waals surface area contributed by atoms with Crippen molar-refractivity contribution in [3.05, 3.63) is 428 Å². The average molecular weight is 1620 g/mol. The van der Waals surface area contributed by atoms with Gasteiger partial charge in [-0.05, 0) is 240 Å². The number of benzene rings is 19. The summed E-state index contributed by atoms with van der Waals surface area (Å²) < 4.78 is 15.9. The molecule has 11 nitrogen and oxygen atoms in total. The van der Waals surface area contributed by atoms with E-state index in [0.29, 0.717) is 22.7 Å². The van der Waals surface area contributed by atoms with Gasteiger partial charge in [0.2, 0.25) is 0 Å². The van der Waals surface area contributed by atoms with E-state index >= 15 is 0 Å². The Balaban J connectivity index is 0.0000000974. The third-order valence-corrected chi connectivity index (χ3v) is 26.2. The zero-order valence-electron chi connectivity index (χ0n) is 69.8. The van der Waals surface area contributed by atoms with E-state index in [9.17, 15) is 0 Å². The lowest BCUT2D eigenvalue weighted by Crippen LogP contribution is -1.94. The second-order valence-electron chi connectivity index (χ2n) is 32.9. The van der Waals surface area contributed by atoms with Gasteiger partial charge < -0.3 is 32.0 Å². The van der Waals surface area contributed by atoms with Crippen molar-refractivity contribution in [1.29, 1.82) is 0 Å². The third-order valence-electron chi connectivity index (χ3n) is 26.2. The molecule has 0 N–H and O–H groups in total. The average Bonchev–Trinajstić information content (AvgIpc) is 1.73. The molecule has 0 radical (unpaired) electrons. The van der Waals surface area contributed by atoms with Crippen LogP contribution in [0, 0.1) is 26.3 Å². The van der Waals surface area contributed by atoms with Crippen LogP contribution in [0.3, 0.4) is 0 Å². The number of nitrogens with zero attached hydrogens (tertiary/aromatic N) is 11. The van der Waals surface area contributed by atoms with Crippen molar-refractivity contribution < 1.29 is 0 Å². The molecule has 0 aliphatic carbocycles. The number of aromatic nitrogens is 7. The van der Waals surface area contributed by atoms with Crippen LogP contribution >= 0.6 is 0 Å². The van der Waals surface area contributed by atoms with Crippen LogP contribution in [0.5, 0.6) is 0 Å². The molecule has 26 rings (SSSR count). The van der Waals surface area contributed by atoms with E-state index < -0.39 is 0 Å². The third kappa shape index (κ3) is 11.9. The summed E-state index contributed by atoms with van der Waals surface area (Å²) in [6, 6.07) is 135. The fourth-order valence-electron chi connectivity index (χ4n) is 20.2. The van der Waals surface area contributed by atoms with Crippen LogP contribution in [0.2, 0.25) is 0 Å². The van der Waals surface area contributed by atoms with Crippen molar-refractivity contribution in [2.75, 3.05) is 0 Å². The summed E-state index contributed by atoms with van der Waals surface area (Å²) in [7, 11) is 8.36. The summed E-state index contributed by atoms with van der Waals surface area (Å²) in [6.45, 7) is 29.6. The number of fused-ring (bicyclic) bond motifs is 27. The molecule has 0 amide bonds. The van der Waals surface area contributed by atoms with Gasteiger partial charge in [0.05, 0.1) is 64.9 Å². The van der Waals surface area contributed by atoms with Crippen molar-refractivity contribution in [2.45, 2.75) is 0 Å². The van der Waals surface area contributed by atoms with E-state index in [0.717, 1.165) is 55.0 Å². The fraction of sp³-hybridized carbons (Fsp3) is 0.0345. The van der Waals surface area contributed by atoms with Gasteiger partial charge in [-0.3, -0.25) is 0 Å². The van der Waals surface area contributed by atoms with Crippen LogP contribution in [-0.4, -0.2) is 32.0 Å². The fourth-order valence-corrected chi connectivity index (χ4v) is 20.2. The smallest absolute Gasteiger partial charge is 0.188 e. The van der Waals surface area contributed by atoms with E-state index in [2.05, 4.69) is 395 Å². The van der Waals surface area contributed by atoms with Gasteiger partial charge in [0.15, 0.2) is 22.7 Å². The molecule has 0 aliphatic rings. The first-order valence-electron chi connectivity index (χ1n) is 42.5. The molecule has 594 valence electrons. The summed E-state index contributed by atoms with van der Waals surface area (Å²) in [5.41, 5.74) is 27.4. The lowest BCUT2D eigenvalue weighted by atomic mass is 9.92. The summed E-state index contributed by atoms with van der Waals surface area (Å²) in [6.07, 6.45) is 0. The molecule has 26 aromatic rings. The molecule has 0 fully saturated rings. The van der Waals surface area contributed by atoms with Crippen molar-refractivity contribution in [3.8, 4) is 39.3 Å². The number of aryl methyl sites for hydroxylation is 4. The van der Waals surface area contributed by atoms with Gasteiger partial charge in [-0.15, -0.1) is 0 Å². The lowest BCUT2D eigenvalue weighted by molar-refractivity contribution is 1.01. The number of hydrogen-bond acceptors (Lipinski definition) is 0. The summed E-state index contributed by atoms with van der Waals surface area (Å²) >= 11 is 0. The Kier molecular flexibility index (Phi) is 17.4. The molecule has 0 saturated carbocycles. The topological polar surface area (TPSA) is 51.9 Å². The Morgan fingerprint density at radius 1 is 0.150 bits per heavy atom. The molecule has 0 atom stereocenters. The Morgan fingerprint density at radius 2 is 0.370 bits per heavy atom. The largest absolute Gasteiger partial charge is 0.344 e. The highest BCUT2D eigenvalue weighted by atomic mass is 15.0. The molecule has 0 bridgehead atoms. The Labute approximate surface area is 730 Å². The highest BCUT2D eigenvalue weighted by Crippen LogP contribution is 2.45. The summed E-state index contributed by atoms with van der Waals surface area (Å²) in [5.74, 6) is 0. The molecule has 11 heteroatoms. The first-order chi connectivity index (χ1) is 62.5. The van der Waals surface area contributed by atoms with Crippen molar-refractivity contribution in [3.63, 3.8) is 0 Å². The molecule has 7 heterocycles. The van der Waals surface area contributed by atoms with Crippen LogP contribution in [0.1, 0.15) is 0 Å². The number of hydrogen-bond donors (Lipinski definition) is 0. The van der Waals surface area contributed by atoms with Gasteiger partial charge in [0.1, 0.15) is 0 Å². The van der Waals surface area contributed by atoms with Gasteiger partial charge in [-0.1, -0.05) is 218 Å². The molecule has 19 aromatic carbocycles.